The van der Waals surface area contributed by atoms with Crippen molar-refractivity contribution in [1.29, 1.82) is 0 Å². The Bertz CT molecular complexity index is 215. The van der Waals surface area contributed by atoms with Crippen molar-refractivity contribution in [2.75, 3.05) is 0 Å². The summed E-state index contributed by atoms with van der Waals surface area (Å²) >= 11 is 0. The Hall–Kier alpha value is -0.373. The lowest BCUT2D eigenvalue weighted by molar-refractivity contribution is -0.111. The first-order valence-electron chi connectivity index (χ1n) is 5.65. The van der Waals surface area contributed by atoms with Gasteiger partial charge in [0.05, 0.1) is 0 Å². The molecule has 0 radical (unpaired) electrons. The standard InChI is InChI=1S/C12H22OSi/c1-14(2,3)10-12(9-13)11-7-5-4-6-8-11/h5,7,9,11-12H,4,6,8,10H2,1-3H3. The molecule has 0 bridgehead atoms. The molecule has 0 saturated heterocycles. The largest absolute Gasteiger partial charge is 0.303 e. The number of hydrogen-bond donors (Lipinski definition) is 0. The fourth-order valence-corrected chi connectivity index (χ4v) is 4.02. The monoisotopic (exact) mass is 210 g/mol. The van der Waals surface area contributed by atoms with Crippen molar-refractivity contribution in [3.63, 3.8) is 0 Å². The number of hydrogen-bond acceptors (Lipinski definition) is 1. The van der Waals surface area contributed by atoms with Crippen molar-refractivity contribution >= 4 is 14.4 Å². The highest BCUT2D eigenvalue weighted by molar-refractivity contribution is 6.76. The molecule has 0 heterocycles. The third-order valence-electron chi connectivity index (χ3n) is 2.86. The minimum Gasteiger partial charge on any atom is -0.303 e. The molecule has 80 valence electrons. The van der Waals surface area contributed by atoms with Crippen LogP contribution in [0.4, 0.5) is 0 Å². The van der Waals surface area contributed by atoms with Gasteiger partial charge in [-0.3, -0.25) is 0 Å². The molecule has 0 aromatic carbocycles. The minimum absolute atomic E-state index is 0.290. The van der Waals surface area contributed by atoms with Gasteiger partial charge in [0.1, 0.15) is 6.29 Å². The van der Waals surface area contributed by atoms with Crippen LogP contribution in [0.1, 0.15) is 19.3 Å². The van der Waals surface area contributed by atoms with E-state index in [2.05, 4.69) is 31.8 Å². The summed E-state index contributed by atoms with van der Waals surface area (Å²) in [7, 11) is -1.09. The summed E-state index contributed by atoms with van der Waals surface area (Å²) in [6.07, 6.45) is 9.38. The fourth-order valence-electron chi connectivity index (χ4n) is 2.20. The molecule has 2 heteroatoms. The zero-order valence-electron chi connectivity index (χ0n) is 9.62. The number of carbonyl (C=O) groups is 1. The lowest BCUT2D eigenvalue weighted by atomic mass is 9.86. The normalized spacial score (nSPS) is 24.6. The summed E-state index contributed by atoms with van der Waals surface area (Å²) in [6.45, 7) is 7.03. The van der Waals surface area contributed by atoms with Gasteiger partial charge < -0.3 is 4.79 Å². The van der Waals surface area contributed by atoms with Crippen LogP contribution in [0.2, 0.25) is 25.7 Å². The van der Waals surface area contributed by atoms with Crippen LogP contribution in [-0.4, -0.2) is 14.4 Å². The lowest BCUT2D eigenvalue weighted by Gasteiger charge is -2.27. The Morgan fingerprint density at radius 1 is 1.50 bits per heavy atom. The second kappa shape index (κ2) is 4.92. The maximum atomic E-state index is 11.1. The van der Waals surface area contributed by atoms with Gasteiger partial charge in [-0.05, 0) is 31.2 Å². The predicted molar refractivity (Wildman–Crippen MR) is 64.2 cm³/mol. The Kier molecular flexibility index (Phi) is 4.11. The van der Waals surface area contributed by atoms with Gasteiger partial charge in [-0.1, -0.05) is 31.8 Å². The van der Waals surface area contributed by atoms with Crippen molar-refractivity contribution in [1.82, 2.24) is 0 Å². The van der Waals surface area contributed by atoms with E-state index in [9.17, 15) is 4.79 Å². The molecule has 0 aliphatic heterocycles. The molecule has 1 aliphatic carbocycles. The topological polar surface area (TPSA) is 17.1 Å². The Morgan fingerprint density at radius 2 is 2.21 bits per heavy atom. The first kappa shape index (κ1) is 11.7. The molecule has 0 fully saturated rings. The van der Waals surface area contributed by atoms with Crippen LogP contribution >= 0.6 is 0 Å². The first-order chi connectivity index (χ1) is 6.53. The lowest BCUT2D eigenvalue weighted by Crippen LogP contribution is -2.28. The van der Waals surface area contributed by atoms with E-state index in [1.807, 2.05) is 0 Å². The van der Waals surface area contributed by atoms with Gasteiger partial charge in [0, 0.05) is 14.0 Å². The average molecular weight is 210 g/mol. The van der Waals surface area contributed by atoms with E-state index in [-0.39, 0.29) is 0 Å². The predicted octanol–water partition coefficient (Wildman–Crippen LogP) is 3.50. The third kappa shape index (κ3) is 3.78. The molecule has 0 aromatic heterocycles. The average Bonchev–Trinajstić information content (AvgIpc) is 2.14. The quantitative estimate of drug-likeness (QED) is 0.394. The maximum absolute atomic E-state index is 11.1. The van der Waals surface area contributed by atoms with E-state index in [4.69, 9.17) is 0 Å². The molecule has 0 aromatic rings. The summed E-state index contributed by atoms with van der Waals surface area (Å²) in [5, 5.41) is 0. The van der Waals surface area contributed by atoms with Gasteiger partial charge in [-0.25, -0.2) is 0 Å². The number of rotatable bonds is 4. The Morgan fingerprint density at radius 3 is 2.64 bits per heavy atom. The molecule has 2 unspecified atom stereocenters. The Labute approximate surface area is 88.6 Å². The summed E-state index contributed by atoms with van der Waals surface area (Å²) in [6, 6.07) is 1.14. The maximum Gasteiger partial charge on any atom is 0.123 e. The van der Waals surface area contributed by atoms with Crippen LogP contribution < -0.4 is 0 Å². The van der Waals surface area contributed by atoms with Crippen LogP contribution in [0.25, 0.3) is 0 Å². The molecule has 1 rings (SSSR count). The van der Waals surface area contributed by atoms with E-state index < -0.39 is 8.07 Å². The molecule has 2 atom stereocenters. The van der Waals surface area contributed by atoms with Gasteiger partial charge >= 0.3 is 0 Å². The Balaban J connectivity index is 2.56. The SMILES string of the molecule is C[Si](C)(C)CC(C=O)C1C=CCCC1. The van der Waals surface area contributed by atoms with Gasteiger partial charge in [0.25, 0.3) is 0 Å². The minimum atomic E-state index is -1.09. The van der Waals surface area contributed by atoms with Crippen LogP contribution in [0, 0.1) is 11.8 Å². The zero-order valence-corrected chi connectivity index (χ0v) is 10.6. The number of carbonyl (C=O) groups excluding carboxylic acids is 1. The first-order valence-corrected chi connectivity index (χ1v) is 9.35. The van der Waals surface area contributed by atoms with Crippen molar-refractivity contribution in [3.8, 4) is 0 Å². The van der Waals surface area contributed by atoms with Crippen molar-refractivity contribution in [2.45, 2.75) is 44.9 Å². The zero-order chi connectivity index (χ0) is 10.6. The van der Waals surface area contributed by atoms with Crippen LogP contribution in [0.3, 0.4) is 0 Å². The third-order valence-corrected chi connectivity index (χ3v) is 4.56. The highest BCUT2D eigenvalue weighted by Gasteiger charge is 2.26. The van der Waals surface area contributed by atoms with E-state index in [0.717, 1.165) is 6.04 Å². The number of aldehydes is 1. The molecular weight excluding hydrogens is 188 g/mol. The van der Waals surface area contributed by atoms with Crippen molar-refractivity contribution < 1.29 is 4.79 Å². The van der Waals surface area contributed by atoms with Crippen LogP contribution in [-0.2, 0) is 4.79 Å². The van der Waals surface area contributed by atoms with E-state index in [1.54, 1.807) is 0 Å². The van der Waals surface area contributed by atoms with Gasteiger partial charge in [0.15, 0.2) is 0 Å². The van der Waals surface area contributed by atoms with Crippen molar-refractivity contribution in [3.05, 3.63) is 12.2 Å². The molecule has 0 N–H and O–H groups in total. The van der Waals surface area contributed by atoms with Gasteiger partial charge in [-0.15, -0.1) is 0 Å². The van der Waals surface area contributed by atoms with Gasteiger partial charge in [-0.2, -0.15) is 0 Å². The summed E-state index contributed by atoms with van der Waals surface area (Å²) in [5.41, 5.74) is 0. The molecular formula is C12H22OSi. The van der Waals surface area contributed by atoms with Crippen LogP contribution in [0.5, 0.6) is 0 Å². The molecule has 1 nitrogen and oxygen atoms in total. The highest BCUT2D eigenvalue weighted by atomic mass is 28.3. The molecule has 1 aliphatic rings. The van der Waals surface area contributed by atoms with E-state index >= 15 is 0 Å². The summed E-state index contributed by atoms with van der Waals surface area (Å²) in [4.78, 5) is 11.1. The van der Waals surface area contributed by atoms with Crippen LogP contribution in [0.15, 0.2) is 12.2 Å². The van der Waals surface area contributed by atoms with Crippen molar-refractivity contribution in [2.24, 2.45) is 11.8 Å². The highest BCUT2D eigenvalue weighted by Crippen LogP contribution is 2.29. The molecule has 0 amide bonds. The smallest absolute Gasteiger partial charge is 0.123 e. The second-order valence-electron chi connectivity index (χ2n) is 5.59. The van der Waals surface area contributed by atoms with E-state index in [1.165, 1.54) is 25.5 Å². The van der Waals surface area contributed by atoms with E-state index in [0.29, 0.717) is 11.8 Å². The fraction of sp³-hybridized carbons (Fsp3) is 0.750. The molecule has 0 spiro atoms. The summed E-state index contributed by atoms with van der Waals surface area (Å²) in [5.74, 6) is 0.825. The molecule has 0 saturated carbocycles. The van der Waals surface area contributed by atoms with Gasteiger partial charge in [0.2, 0.25) is 0 Å². The summed E-state index contributed by atoms with van der Waals surface area (Å²) < 4.78 is 0. The number of allylic oxidation sites excluding steroid dienone is 2. The molecule has 14 heavy (non-hydrogen) atoms. The second-order valence-corrected chi connectivity index (χ2v) is 11.1.